The van der Waals surface area contributed by atoms with Crippen molar-refractivity contribution in [3.8, 4) is 11.5 Å². The van der Waals surface area contributed by atoms with Crippen LogP contribution < -0.4 is 25.2 Å². The molecule has 0 unspecified atom stereocenters. The fraction of sp³-hybridized carbons (Fsp3) is 0.381. The maximum Gasteiger partial charge on any atom is 0.264 e. The summed E-state index contributed by atoms with van der Waals surface area (Å²) in [6, 6.07) is 5.48. The molecular weight excluding hydrogens is 400 g/mol. The van der Waals surface area contributed by atoms with Gasteiger partial charge in [0.1, 0.15) is 18.3 Å². The molecule has 0 radical (unpaired) electrons. The molecular formula is C21H22N6O4. The van der Waals surface area contributed by atoms with E-state index in [0.29, 0.717) is 35.0 Å². The number of benzene rings is 1. The Kier molecular flexibility index (Phi) is 5.11. The highest BCUT2D eigenvalue weighted by atomic mass is 16.7. The third-order valence-electron chi connectivity index (χ3n) is 5.45. The molecule has 160 valence electrons. The molecule has 1 saturated heterocycles. The summed E-state index contributed by atoms with van der Waals surface area (Å²) in [5, 5.41) is 3.10. The average molecular weight is 422 g/mol. The van der Waals surface area contributed by atoms with Gasteiger partial charge in [0.25, 0.3) is 5.56 Å². The number of nitrogens with one attached hydrogen (secondary N) is 1. The van der Waals surface area contributed by atoms with Crippen molar-refractivity contribution in [3.63, 3.8) is 0 Å². The smallest absolute Gasteiger partial charge is 0.264 e. The molecule has 2 aliphatic rings. The van der Waals surface area contributed by atoms with Gasteiger partial charge in [-0.2, -0.15) is 4.98 Å². The highest BCUT2D eigenvalue weighted by molar-refractivity contribution is 5.77. The van der Waals surface area contributed by atoms with E-state index >= 15 is 0 Å². The number of hydrogen-bond acceptors (Lipinski definition) is 8. The molecule has 0 spiro atoms. The largest absolute Gasteiger partial charge is 0.454 e. The Morgan fingerprint density at radius 1 is 1.10 bits per heavy atom. The van der Waals surface area contributed by atoms with Crippen molar-refractivity contribution in [2.75, 3.05) is 24.8 Å². The molecule has 0 bridgehead atoms. The lowest BCUT2D eigenvalue weighted by atomic mass is 10.1. The van der Waals surface area contributed by atoms with Crippen LogP contribution in [0.3, 0.4) is 0 Å². The second-order valence-corrected chi connectivity index (χ2v) is 7.60. The van der Waals surface area contributed by atoms with Gasteiger partial charge in [-0.25, -0.2) is 9.97 Å². The molecule has 31 heavy (non-hydrogen) atoms. The van der Waals surface area contributed by atoms with Crippen molar-refractivity contribution in [2.45, 2.75) is 32.4 Å². The van der Waals surface area contributed by atoms with E-state index in [1.165, 1.54) is 23.5 Å². The zero-order valence-corrected chi connectivity index (χ0v) is 16.9. The Labute approximate surface area is 177 Å². The minimum atomic E-state index is -0.339. The molecule has 1 aromatic carbocycles. The first-order chi connectivity index (χ1) is 15.2. The van der Waals surface area contributed by atoms with E-state index in [4.69, 9.17) is 9.47 Å². The Balaban J connectivity index is 1.26. The predicted octanol–water partition coefficient (Wildman–Crippen LogP) is 1.22. The van der Waals surface area contributed by atoms with Crippen LogP contribution in [0.4, 0.5) is 5.95 Å². The van der Waals surface area contributed by atoms with Crippen LogP contribution >= 0.6 is 0 Å². The summed E-state index contributed by atoms with van der Waals surface area (Å²) in [6.07, 6.45) is 6.29. The van der Waals surface area contributed by atoms with Crippen molar-refractivity contribution < 1.29 is 14.3 Å². The molecule has 1 fully saturated rings. The van der Waals surface area contributed by atoms with Gasteiger partial charge >= 0.3 is 0 Å². The summed E-state index contributed by atoms with van der Waals surface area (Å²) in [5.41, 5.74) is 0.881. The standard InChI is InChI=1S/C21H22N6O4/c28-18(22-9-14-4-5-16-17(8-14)31-13-30-16)11-27-12-24-19-15(20(27)29)10-23-21(25-19)26-6-2-1-3-7-26/h4-5,8,10,12H,1-3,6-7,9,11,13H2,(H,22,28). The molecule has 2 aromatic heterocycles. The van der Waals surface area contributed by atoms with Gasteiger partial charge in [-0.05, 0) is 37.0 Å². The van der Waals surface area contributed by atoms with Gasteiger partial charge in [-0.3, -0.25) is 14.2 Å². The second-order valence-electron chi connectivity index (χ2n) is 7.60. The van der Waals surface area contributed by atoms with Gasteiger partial charge in [0.15, 0.2) is 17.1 Å². The van der Waals surface area contributed by atoms with Crippen LogP contribution in [0.1, 0.15) is 24.8 Å². The van der Waals surface area contributed by atoms with E-state index in [1.54, 1.807) is 6.07 Å². The van der Waals surface area contributed by atoms with E-state index in [1.807, 2.05) is 12.1 Å². The number of ether oxygens (including phenoxy) is 2. The Morgan fingerprint density at radius 3 is 2.81 bits per heavy atom. The SMILES string of the molecule is O=C(Cn1cnc2nc(N3CCCCC3)ncc2c1=O)NCc1ccc2c(c1)OCO2. The number of fused-ring (bicyclic) bond motifs is 2. The summed E-state index contributed by atoms with van der Waals surface area (Å²) < 4.78 is 11.9. The van der Waals surface area contributed by atoms with Crippen LogP contribution in [0.25, 0.3) is 11.0 Å². The Bertz CT molecular complexity index is 1190. The van der Waals surface area contributed by atoms with Crippen molar-refractivity contribution in [1.82, 2.24) is 24.8 Å². The predicted molar refractivity (Wildman–Crippen MR) is 112 cm³/mol. The summed E-state index contributed by atoms with van der Waals surface area (Å²) >= 11 is 0. The van der Waals surface area contributed by atoms with Crippen molar-refractivity contribution in [3.05, 3.63) is 46.6 Å². The van der Waals surface area contributed by atoms with Crippen LogP contribution in [0.15, 0.2) is 35.5 Å². The summed E-state index contributed by atoms with van der Waals surface area (Å²) in [6.45, 7) is 2.19. The van der Waals surface area contributed by atoms with E-state index in [-0.39, 0.29) is 24.8 Å². The van der Waals surface area contributed by atoms with Gasteiger partial charge in [0.05, 0.1) is 0 Å². The van der Waals surface area contributed by atoms with Crippen molar-refractivity contribution >= 4 is 22.9 Å². The number of hydrogen-bond donors (Lipinski definition) is 1. The summed E-state index contributed by atoms with van der Waals surface area (Å²) in [5.74, 6) is 1.64. The first-order valence-corrected chi connectivity index (χ1v) is 10.3. The monoisotopic (exact) mass is 422 g/mol. The lowest BCUT2D eigenvalue weighted by molar-refractivity contribution is -0.121. The molecule has 5 rings (SSSR count). The topological polar surface area (TPSA) is 111 Å². The number of anilines is 1. The Morgan fingerprint density at radius 2 is 1.94 bits per heavy atom. The molecule has 0 saturated carbocycles. The third kappa shape index (κ3) is 4.00. The minimum Gasteiger partial charge on any atom is -0.454 e. The minimum absolute atomic E-state index is 0.139. The number of rotatable bonds is 5. The summed E-state index contributed by atoms with van der Waals surface area (Å²) in [7, 11) is 0. The molecule has 1 N–H and O–H groups in total. The number of carbonyl (C=O) groups is 1. The zero-order chi connectivity index (χ0) is 21.2. The maximum atomic E-state index is 12.8. The quantitative estimate of drug-likeness (QED) is 0.653. The van der Waals surface area contributed by atoms with Crippen molar-refractivity contribution in [1.29, 1.82) is 0 Å². The highest BCUT2D eigenvalue weighted by Crippen LogP contribution is 2.32. The number of nitrogens with zero attached hydrogens (tertiary/aromatic N) is 5. The number of piperidine rings is 1. The van der Waals surface area contributed by atoms with Gasteiger partial charge in [-0.1, -0.05) is 6.07 Å². The van der Waals surface area contributed by atoms with Gasteiger partial charge < -0.3 is 19.7 Å². The molecule has 10 nitrogen and oxygen atoms in total. The second kappa shape index (κ2) is 8.21. The zero-order valence-electron chi connectivity index (χ0n) is 16.9. The average Bonchev–Trinajstić information content (AvgIpc) is 3.28. The summed E-state index contributed by atoms with van der Waals surface area (Å²) in [4.78, 5) is 40.3. The first kappa shape index (κ1) is 19.3. The van der Waals surface area contributed by atoms with Crippen LogP contribution in [-0.4, -0.2) is 45.3 Å². The molecule has 10 heteroatoms. The van der Waals surface area contributed by atoms with Gasteiger partial charge in [0, 0.05) is 25.8 Å². The third-order valence-corrected chi connectivity index (χ3v) is 5.45. The number of carbonyl (C=O) groups excluding carboxylic acids is 1. The lowest BCUT2D eigenvalue weighted by Gasteiger charge is -2.26. The molecule has 2 aliphatic heterocycles. The van der Waals surface area contributed by atoms with Crippen LogP contribution in [0.2, 0.25) is 0 Å². The first-order valence-electron chi connectivity index (χ1n) is 10.3. The van der Waals surface area contributed by atoms with Gasteiger partial charge in [-0.15, -0.1) is 0 Å². The maximum absolute atomic E-state index is 12.8. The number of amides is 1. The normalized spacial score (nSPS) is 15.3. The van der Waals surface area contributed by atoms with Gasteiger partial charge in [0.2, 0.25) is 18.6 Å². The lowest BCUT2D eigenvalue weighted by Crippen LogP contribution is -2.33. The number of aromatic nitrogens is 4. The highest BCUT2D eigenvalue weighted by Gasteiger charge is 2.16. The fourth-order valence-corrected chi connectivity index (χ4v) is 3.77. The van der Waals surface area contributed by atoms with Crippen LogP contribution in [0, 0.1) is 0 Å². The van der Waals surface area contributed by atoms with Crippen molar-refractivity contribution in [2.24, 2.45) is 0 Å². The van der Waals surface area contributed by atoms with E-state index in [2.05, 4.69) is 25.2 Å². The van der Waals surface area contributed by atoms with E-state index in [9.17, 15) is 9.59 Å². The Hall–Kier alpha value is -3.69. The van der Waals surface area contributed by atoms with Crippen LogP contribution in [0.5, 0.6) is 11.5 Å². The fourth-order valence-electron chi connectivity index (χ4n) is 3.77. The molecule has 1 amide bonds. The van der Waals surface area contributed by atoms with Crippen LogP contribution in [-0.2, 0) is 17.9 Å². The molecule has 4 heterocycles. The molecule has 3 aromatic rings. The van der Waals surface area contributed by atoms with E-state index < -0.39 is 0 Å². The molecule has 0 aliphatic carbocycles. The molecule has 0 atom stereocenters. The van der Waals surface area contributed by atoms with E-state index in [0.717, 1.165) is 31.5 Å².